The van der Waals surface area contributed by atoms with E-state index in [1.54, 1.807) is 0 Å². The monoisotopic (exact) mass is 476 g/mol. The van der Waals surface area contributed by atoms with Gasteiger partial charge in [0.1, 0.15) is 0 Å². The van der Waals surface area contributed by atoms with Gasteiger partial charge in [-0.25, -0.2) is 0 Å². The van der Waals surface area contributed by atoms with Gasteiger partial charge in [0.15, 0.2) is 0 Å². The normalized spacial score (nSPS) is 14.5. The maximum absolute atomic E-state index is 3.87. The third-order valence-electron chi connectivity index (χ3n) is 3.16. The second-order valence-electron chi connectivity index (χ2n) is 4.15. The fourth-order valence-electron chi connectivity index (χ4n) is 2.51. The van der Waals surface area contributed by atoms with Crippen LogP contribution < -0.4 is 0 Å². The Labute approximate surface area is 124 Å². The Morgan fingerprint density at radius 1 is 0.706 bits per heavy atom. The molecule has 2 aromatic rings. The summed E-state index contributed by atoms with van der Waals surface area (Å²) in [4.78, 5) is 0. The van der Waals surface area contributed by atoms with Gasteiger partial charge in [0.05, 0.1) is 0 Å². The van der Waals surface area contributed by atoms with Crippen LogP contribution in [0.4, 0.5) is 0 Å². The van der Waals surface area contributed by atoms with E-state index >= 15 is 0 Å². The first kappa shape index (κ1) is 12.5. The van der Waals surface area contributed by atoms with Gasteiger partial charge in [-0.3, -0.25) is 0 Å². The zero-order chi connectivity index (χ0) is 12.0. The average molecular weight is 478 g/mol. The van der Waals surface area contributed by atoms with E-state index < -0.39 is 7.74 Å². The SMILES string of the molecule is [Br][Ge]([Br])([Br])[CH]1c2ccccc2-c2ccccc21. The molecule has 0 nitrogen and oxygen atoms in total. The van der Waals surface area contributed by atoms with Crippen molar-refractivity contribution < 1.29 is 0 Å². The molecule has 1 aliphatic rings. The molecule has 2 aromatic carbocycles. The van der Waals surface area contributed by atoms with Crippen LogP contribution in [-0.4, -0.2) is 7.74 Å². The molecule has 0 atom stereocenters. The van der Waals surface area contributed by atoms with Gasteiger partial charge in [-0.05, 0) is 0 Å². The fourth-order valence-corrected chi connectivity index (χ4v) is 12.7. The summed E-state index contributed by atoms with van der Waals surface area (Å²) in [6.07, 6.45) is 0. The predicted octanol–water partition coefficient (Wildman–Crippen LogP) is 5.46. The van der Waals surface area contributed by atoms with Crippen molar-refractivity contribution in [1.29, 1.82) is 0 Å². The van der Waals surface area contributed by atoms with Crippen LogP contribution in [0.3, 0.4) is 0 Å². The Hall–Kier alpha value is 0.423. The number of hydrogen-bond donors (Lipinski definition) is 0. The van der Waals surface area contributed by atoms with E-state index in [0.717, 1.165) is 0 Å². The summed E-state index contributed by atoms with van der Waals surface area (Å²) in [6, 6.07) is 17.4. The zero-order valence-corrected chi connectivity index (χ0v) is 15.7. The summed E-state index contributed by atoms with van der Waals surface area (Å²) in [5.41, 5.74) is 5.61. The van der Waals surface area contributed by atoms with Gasteiger partial charge < -0.3 is 0 Å². The van der Waals surface area contributed by atoms with Crippen molar-refractivity contribution >= 4 is 49.8 Å². The summed E-state index contributed by atoms with van der Waals surface area (Å²) in [6.45, 7) is 0. The molecule has 86 valence electrons. The van der Waals surface area contributed by atoms with E-state index in [1.165, 1.54) is 22.3 Å². The van der Waals surface area contributed by atoms with Gasteiger partial charge >= 0.3 is 125 Å². The summed E-state index contributed by atoms with van der Waals surface area (Å²) < 4.78 is 0.461. The first-order valence-corrected chi connectivity index (χ1v) is 21.3. The molecular weight excluding hydrogens is 468 g/mol. The van der Waals surface area contributed by atoms with Gasteiger partial charge in [0.25, 0.3) is 0 Å². The van der Waals surface area contributed by atoms with Crippen LogP contribution in [0.1, 0.15) is 15.9 Å². The third-order valence-corrected chi connectivity index (χ3v) is 13.0. The van der Waals surface area contributed by atoms with Crippen LogP contribution in [0.5, 0.6) is 0 Å². The Balaban J connectivity index is 2.31. The third kappa shape index (κ3) is 2.09. The Morgan fingerprint density at radius 2 is 1.12 bits per heavy atom. The molecule has 0 fully saturated rings. The van der Waals surface area contributed by atoms with E-state index in [-0.39, 0.29) is 0 Å². The van der Waals surface area contributed by atoms with Gasteiger partial charge in [-0.15, -0.1) is 0 Å². The quantitative estimate of drug-likeness (QED) is 0.479. The van der Waals surface area contributed by atoms with Crippen LogP contribution in [0, 0.1) is 0 Å². The molecule has 0 amide bonds. The number of halogens is 3. The summed E-state index contributed by atoms with van der Waals surface area (Å²) in [5, 5.41) is 0. The molecule has 0 radical (unpaired) electrons. The van der Waals surface area contributed by atoms with Crippen molar-refractivity contribution in [2.75, 3.05) is 0 Å². The molecule has 1 aliphatic carbocycles. The number of rotatable bonds is 1. The van der Waals surface area contributed by atoms with E-state index in [4.69, 9.17) is 0 Å². The minimum atomic E-state index is -2.31. The molecule has 3 rings (SSSR count). The standard InChI is InChI=1S/C13H9Br3Ge/c14-17(15,16)13-11-7-3-1-5-9(11)10-6-2-4-8-12(10)13/h1-8,13H. The summed E-state index contributed by atoms with van der Waals surface area (Å²) >= 11 is 11.6. The minimum absolute atomic E-state index is 0.461. The van der Waals surface area contributed by atoms with Crippen molar-refractivity contribution in [1.82, 2.24) is 0 Å². The number of hydrogen-bond acceptors (Lipinski definition) is 0. The number of fused-ring (bicyclic) bond motifs is 3. The Kier molecular flexibility index (Phi) is 3.31. The van der Waals surface area contributed by atoms with Crippen molar-refractivity contribution in [3.8, 4) is 11.1 Å². The van der Waals surface area contributed by atoms with Crippen molar-refractivity contribution in [2.45, 2.75) is 4.75 Å². The van der Waals surface area contributed by atoms with Crippen molar-refractivity contribution in [3.63, 3.8) is 0 Å². The Morgan fingerprint density at radius 3 is 1.53 bits per heavy atom. The molecular formula is C13H9Br3Ge. The first-order chi connectivity index (χ1) is 8.09. The summed E-state index contributed by atoms with van der Waals surface area (Å²) in [7, 11) is -2.31. The first-order valence-electron chi connectivity index (χ1n) is 5.34. The molecule has 0 saturated heterocycles. The van der Waals surface area contributed by atoms with Crippen LogP contribution >= 0.6 is 42.0 Å². The number of benzene rings is 2. The molecule has 0 heterocycles. The van der Waals surface area contributed by atoms with E-state index in [0.29, 0.717) is 4.75 Å². The molecule has 0 bridgehead atoms. The zero-order valence-electron chi connectivity index (χ0n) is 8.83. The van der Waals surface area contributed by atoms with Gasteiger partial charge in [-0.2, -0.15) is 0 Å². The second-order valence-corrected chi connectivity index (χ2v) is 43.7. The average Bonchev–Trinajstić information content (AvgIpc) is 2.63. The van der Waals surface area contributed by atoms with E-state index in [1.807, 2.05) is 0 Å². The van der Waals surface area contributed by atoms with Crippen LogP contribution in [0.15, 0.2) is 48.5 Å². The molecule has 0 aliphatic heterocycles. The van der Waals surface area contributed by atoms with Gasteiger partial charge in [0, 0.05) is 0 Å². The fraction of sp³-hybridized carbons (Fsp3) is 0.0769. The second kappa shape index (κ2) is 4.51. The van der Waals surface area contributed by atoms with E-state index in [9.17, 15) is 0 Å². The Bertz CT molecular complexity index is 529. The van der Waals surface area contributed by atoms with Crippen molar-refractivity contribution in [2.24, 2.45) is 0 Å². The maximum atomic E-state index is 3.87. The van der Waals surface area contributed by atoms with Gasteiger partial charge in [-0.1, -0.05) is 0 Å². The molecule has 17 heavy (non-hydrogen) atoms. The van der Waals surface area contributed by atoms with Crippen LogP contribution in [0.25, 0.3) is 11.1 Å². The van der Waals surface area contributed by atoms with Crippen LogP contribution in [-0.2, 0) is 0 Å². The van der Waals surface area contributed by atoms with E-state index in [2.05, 4.69) is 90.5 Å². The molecule has 0 N–H and O–H groups in total. The van der Waals surface area contributed by atoms with Crippen molar-refractivity contribution in [3.05, 3.63) is 59.7 Å². The predicted molar refractivity (Wildman–Crippen MR) is 86.3 cm³/mol. The van der Waals surface area contributed by atoms with Crippen LogP contribution in [0.2, 0.25) is 0 Å². The molecule has 4 heteroatoms. The summed E-state index contributed by atoms with van der Waals surface area (Å²) in [5.74, 6) is 0. The molecule has 0 spiro atoms. The van der Waals surface area contributed by atoms with Gasteiger partial charge in [0.2, 0.25) is 0 Å². The molecule has 0 saturated carbocycles. The topological polar surface area (TPSA) is 0 Å². The molecule has 0 unspecified atom stereocenters. The molecule has 0 aromatic heterocycles.